The summed E-state index contributed by atoms with van der Waals surface area (Å²) in [6.45, 7) is 0.952. The number of rotatable bonds is 7. The number of primary amides is 1. The molecule has 0 saturated carbocycles. The number of methoxy groups -OCH3 is 1. The van der Waals surface area contributed by atoms with Crippen LogP contribution in [0.2, 0.25) is 0 Å². The summed E-state index contributed by atoms with van der Waals surface area (Å²) < 4.78 is 14.9. The molecule has 7 nitrogen and oxygen atoms in total. The fourth-order valence-corrected chi connectivity index (χ4v) is 1.30. The van der Waals surface area contributed by atoms with Crippen LogP contribution >= 0.6 is 0 Å². The second kappa shape index (κ2) is 7.13. The first-order valence-electron chi connectivity index (χ1n) is 5.72. The minimum atomic E-state index is -1.02. The molecule has 1 amide bonds. The highest BCUT2D eigenvalue weighted by Crippen LogP contribution is 2.27. The number of esters is 1. The second-order valence-corrected chi connectivity index (χ2v) is 3.85. The Morgan fingerprint density at radius 2 is 2.05 bits per heavy atom. The molecule has 0 saturated heterocycles. The molecule has 0 aromatic heterocycles. The van der Waals surface area contributed by atoms with Crippen molar-refractivity contribution < 1.29 is 28.6 Å². The third-order valence-electron chi connectivity index (χ3n) is 2.38. The van der Waals surface area contributed by atoms with Gasteiger partial charge in [-0.15, -0.1) is 0 Å². The van der Waals surface area contributed by atoms with Crippen molar-refractivity contribution in [1.82, 2.24) is 0 Å². The molecule has 0 radical (unpaired) electrons. The molecule has 0 bridgehead atoms. The van der Waals surface area contributed by atoms with Gasteiger partial charge in [0.15, 0.2) is 24.2 Å². The van der Waals surface area contributed by atoms with Gasteiger partial charge >= 0.3 is 5.97 Å². The quantitative estimate of drug-likeness (QED) is 0.569. The largest absolute Gasteiger partial charge is 0.493 e. The Morgan fingerprint density at radius 3 is 2.60 bits per heavy atom. The lowest BCUT2D eigenvalue weighted by Gasteiger charge is -2.12. The molecule has 0 aliphatic heterocycles. The van der Waals surface area contributed by atoms with E-state index in [0.717, 1.165) is 0 Å². The Hall–Kier alpha value is -2.57. The first-order chi connectivity index (χ1) is 9.47. The van der Waals surface area contributed by atoms with Crippen LogP contribution < -0.4 is 15.2 Å². The molecule has 1 aromatic rings. The van der Waals surface area contributed by atoms with Crippen molar-refractivity contribution in [2.75, 3.05) is 13.7 Å². The molecular formula is C13H15NO6. The Balaban J connectivity index is 2.63. The average molecular weight is 281 g/mol. The Kier molecular flexibility index (Phi) is 5.52. The van der Waals surface area contributed by atoms with Crippen LogP contribution in [0.3, 0.4) is 0 Å². The minimum absolute atomic E-state index is 0.279. The summed E-state index contributed by atoms with van der Waals surface area (Å²) >= 11 is 0. The van der Waals surface area contributed by atoms with Gasteiger partial charge < -0.3 is 19.9 Å². The van der Waals surface area contributed by atoms with Crippen molar-refractivity contribution in [3.8, 4) is 11.5 Å². The maximum Gasteiger partial charge on any atom is 0.344 e. The summed E-state index contributed by atoms with van der Waals surface area (Å²) in [7, 11) is 1.41. The van der Waals surface area contributed by atoms with Gasteiger partial charge in [-0.25, -0.2) is 4.79 Å². The zero-order chi connectivity index (χ0) is 15.1. The lowest BCUT2D eigenvalue weighted by Crippen LogP contribution is -2.32. The van der Waals surface area contributed by atoms with Crippen LogP contribution in [0.15, 0.2) is 18.2 Å². The Morgan fingerprint density at radius 1 is 1.35 bits per heavy atom. The van der Waals surface area contributed by atoms with Gasteiger partial charge in [-0.2, -0.15) is 0 Å². The molecule has 7 heteroatoms. The number of hydrogen-bond donors (Lipinski definition) is 1. The summed E-state index contributed by atoms with van der Waals surface area (Å²) in [5.41, 5.74) is 5.37. The highest BCUT2D eigenvalue weighted by atomic mass is 16.6. The molecule has 0 aliphatic carbocycles. The van der Waals surface area contributed by atoms with Crippen molar-refractivity contribution in [2.45, 2.75) is 13.0 Å². The molecule has 0 fully saturated rings. The second-order valence-electron chi connectivity index (χ2n) is 3.85. The number of amides is 1. The van der Waals surface area contributed by atoms with Crippen LogP contribution in [-0.4, -0.2) is 38.0 Å². The number of benzene rings is 1. The van der Waals surface area contributed by atoms with Gasteiger partial charge in [-0.05, 0) is 25.1 Å². The third-order valence-corrected chi connectivity index (χ3v) is 2.38. The molecule has 0 spiro atoms. The monoisotopic (exact) mass is 281 g/mol. The van der Waals surface area contributed by atoms with E-state index in [-0.39, 0.29) is 5.75 Å². The number of hydrogen-bond acceptors (Lipinski definition) is 6. The zero-order valence-electron chi connectivity index (χ0n) is 11.1. The highest BCUT2D eigenvalue weighted by Gasteiger charge is 2.15. The van der Waals surface area contributed by atoms with Gasteiger partial charge in [0.1, 0.15) is 6.29 Å². The predicted molar refractivity (Wildman–Crippen MR) is 68.6 cm³/mol. The van der Waals surface area contributed by atoms with E-state index in [1.807, 2.05) is 0 Å². The number of carbonyl (C=O) groups excluding carboxylic acids is 3. The molecule has 108 valence electrons. The van der Waals surface area contributed by atoms with E-state index in [0.29, 0.717) is 17.6 Å². The van der Waals surface area contributed by atoms with Crippen LogP contribution in [0, 0.1) is 0 Å². The lowest BCUT2D eigenvalue weighted by molar-refractivity contribution is -0.155. The topological polar surface area (TPSA) is 105 Å². The molecule has 0 aliphatic rings. The zero-order valence-corrected chi connectivity index (χ0v) is 11.1. The molecule has 0 heterocycles. The maximum atomic E-state index is 11.4. The first kappa shape index (κ1) is 15.5. The SMILES string of the molecule is COc1cc(C=O)ccc1OCC(=O)O[C@@H](C)C(N)=O. The minimum Gasteiger partial charge on any atom is -0.493 e. The van der Waals surface area contributed by atoms with Gasteiger partial charge in [0.2, 0.25) is 0 Å². The van der Waals surface area contributed by atoms with Crippen LogP contribution in [-0.2, 0) is 14.3 Å². The molecule has 1 atom stereocenters. The molecule has 1 rings (SSSR count). The van der Waals surface area contributed by atoms with E-state index >= 15 is 0 Å². The van der Waals surface area contributed by atoms with Crippen molar-refractivity contribution in [3.05, 3.63) is 23.8 Å². The van der Waals surface area contributed by atoms with Gasteiger partial charge in [0, 0.05) is 5.56 Å². The van der Waals surface area contributed by atoms with Crippen LogP contribution in [0.25, 0.3) is 0 Å². The predicted octanol–water partition coefficient (Wildman–Crippen LogP) is 0.303. The fourth-order valence-electron chi connectivity index (χ4n) is 1.30. The Bertz CT molecular complexity index is 514. The van der Waals surface area contributed by atoms with E-state index in [1.54, 1.807) is 0 Å². The molecule has 2 N–H and O–H groups in total. The van der Waals surface area contributed by atoms with Crippen LogP contribution in [0.1, 0.15) is 17.3 Å². The molecule has 1 aromatic carbocycles. The molecule has 20 heavy (non-hydrogen) atoms. The molecule has 0 unspecified atom stereocenters. The van der Waals surface area contributed by atoms with E-state index in [2.05, 4.69) is 0 Å². The summed E-state index contributed by atoms with van der Waals surface area (Å²) in [5.74, 6) is -0.892. The average Bonchev–Trinajstić information content (AvgIpc) is 2.44. The van der Waals surface area contributed by atoms with Crippen molar-refractivity contribution in [1.29, 1.82) is 0 Å². The highest BCUT2D eigenvalue weighted by molar-refractivity contribution is 5.82. The van der Waals surface area contributed by atoms with E-state index in [1.165, 1.54) is 32.2 Å². The fraction of sp³-hybridized carbons (Fsp3) is 0.308. The number of ether oxygens (including phenoxy) is 3. The third kappa shape index (κ3) is 4.27. The first-order valence-corrected chi connectivity index (χ1v) is 5.72. The number of nitrogens with two attached hydrogens (primary N) is 1. The summed E-state index contributed by atoms with van der Waals surface area (Å²) in [6, 6.07) is 4.48. The molecular weight excluding hydrogens is 266 g/mol. The standard InChI is InChI=1S/C13H15NO6/c1-8(13(14)17)20-12(16)7-19-10-4-3-9(6-15)5-11(10)18-2/h3-6,8H,7H2,1-2H3,(H2,14,17)/t8-/m0/s1. The Labute approximate surface area is 115 Å². The summed E-state index contributed by atoms with van der Waals surface area (Å²) in [6.07, 6.45) is -0.361. The van der Waals surface area contributed by atoms with E-state index in [4.69, 9.17) is 19.9 Å². The van der Waals surface area contributed by atoms with Crippen molar-refractivity contribution >= 4 is 18.2 Å². The van der Waals surface area contributed by atoms with Gasteiger partial charge in [0.05, 0.1) is 7.11 Å². The number of aldehydes is 1. The summed E-state index contributed by atoms with van der Waals surface area (Å²) in [4.78, 5) is 32.8. The van der Waals surface area contributed by atoms with Crippen LogP contribution in [0.4, 0.5) is 0 Å². The van der Waals surface area contributed by atoms with E-state index < -0.39 is 24.6 Å². The number of carbonyl (C=O) groups is 3. The van der Waals surface area contributed by atoms with Crippen molar-refractivity contribution in [3.63, 3.8) is 0 Å². The van der Waals surface area contributed by atoms with Gasteiger partial charge in [-0.1, -0.05) is 0 Å². The normalized spacial score (nSPS) is 11.3. The lowest BCUT2D eigenvalue weighted by atomic mass is 10.2. The maximum absolute atomic E-state index is 11.4. The van der Waals surface area contributed by atoms with Gasteiger partial charge in [0.25, 0.3) is 5.91 Å². The van der Waals surface area contributed by atoms with E-state index in [9.17, 15) is 14.4 Å². The van der Waals surface area contributed by atoms with Gasteiger partial charge in [-0.3, -0.25) is 9.59 Å². The van der Waals surface area contributed by atoms with Crippen LogP contribution in [0.5, 0.6) is 11.5 Å². The summed E-state index contributed by atoms with van der Waals surface area (Å²) in [5, 5.41) is 0. The van der Waals surface area contributed by atoms with Crippen molar-refractivity contribution in [2.24, 2.45) is 5.73 Å². The smallest absolute Gasteiger partial charge is 0.344 e.